The molecule has 0 saturated carbocycles. The van der Waals surface area contributed by atoms with Crippen molar-refractivity contribution in [1.82, 2.24) is 14.5 Å². The molecule has 2 amide bonds. The van der Waals surface area contributed by atoms with Gasteiger partial charge >= 0.3 is 6.03 Å². The van der Waals surface area contributed by atoms with Gasteiger partial charge in [-0.1, -0.05) is 4.49 Å². The van der Waals surface area contributed by atoms with Crippen molar-refractivity contribution in [2.24, 2.45) is 5.73 Å². The van der Waals surface area contributed by atoms with Crippen LogP contribution in [-0.2, 0) is 6.54 Å². The van der Waals surface area contributed by atoms with Crippen molar-refractivity contribution in [1.29, 1.82) is 0 Å². The van der Waals surface area contributed by atoms with Crippen LogP contribution in [0.15, 0.2) is 6.20 Å². The molecule has 0 fully saturated rings. The van der Waals surface area contributed by atoms with Gasteiger partial charge in [-0.3, -0.25) is 0 Å². The molecule has 0 bridgehead atoms. The lowest BCUT2D eigenvalue weighted by molar-refractivity contribution is 0.217. The highest BCUT2D eigenvalue weighted by Gasteiger charge is 2.04. The molecule has 1 aromatic heterocycles. The molecule has 0 spiro atoms. The summed E-state index contributed by atoms with van der Waals surface area (Å²) in [6.45, 7) is 0.479. The van der Waals surface area contributed by atoms with Crippen LogP contribution >= 0.6 is 11.5 Å². The highest BCUT2D eigenvalue weighted by atomic mass is 32.1. The Kier molecular flexibility index (Phi) is 2.37. The number of urea groups is 1. The zero-order valence-corrected chi connectivity index (χ0v) is 6.84. The molecule has 0 radical (unpaired) electrons. The van der Waals surface area contributed by atoms with Gasteiger partial charge in [0.1, 0.15) is 0 Å². The molecule has 60 valence electrons. The van der Waals surface area contributed by atoms with Crippen molar-refractivity contribution in [3.8, 4) is 0 Å². The minimum absolute atomic E-state index is 0.446. The van der Waals surface area contributed by atoms with Crippen LogP contribution in [0.1, 0.15) is 4.88 Å². The van der Waals surface area contributed by atoms with Crippen LogP contribution in [0.2, 0.25) is 0 Å². The molecule has 0 atom stereocenters. The largest absolute Gasteiger partial charge is 0.351 e. The molecule has 1 heterocycles. The number of nitrogens with two attached hydrogens (primary N) is 1. The SMILES string of the molecule is CN(Cc1cnns1)C(N)=O. The van der Waals surface area contributed by atoms with Crippen LogP contribution in [0.25, 0.3) is 0 Å². The standard InChI is InChI=1S/C5H8N4OS/c1-9(5(6)10)3-4-2-7-8-11-4/h2H,3H2,1H3,(H2,6,10). The maximum Gasteiger partial charge on any atom is 0.314 e. The van der Waals surface area contributed by atoms with E-state index in [0.29, 0.717) is 6.54 Å². The molecule has 6 heteroatoms. The molecule has 0 aromatic carbocycles. The van der Waals surface area contributed by atoms with Gasteiger partial charge in [0.2, 0.25) is 0 Å². The second-order valence-electron chi connectivity index (χ2n) is 2.08. The first-order valence-electron chi connectivity index (χ1n) is 2.97. The Labute approximate surface area is 68.0 Å². The summed E-state index contributed by atoms with van der Waals surface area (Å²) in [6.07, 6.45) is 1.62. The van der Waals surface area contributed by atoms with E-state index in [1.807, 2.05) is 0 Å². The first-order chi connectivity index (χ1) is 5.20. The van der Waals surface area contributed by atoms with Crippen LogP contribution in [0, 0.1) is 0 Å². The Bertz CT molecular complexity index is 235. The number of primary amides is 1. The number of rotatable bonds is 2. The van der Waals surface area contributed by atoms with Crippen molar-refractivity contribution < 1.29 is 4.79 Å². The van der Waals surface area contributed by atoms with Gasteiger partial charge in [0.05, 0.1) is 17.6 Å². The third-order valence-corrected chi connectivity index (χ3v) is 1.82. The predicted octanol–water partition coefficient (Wildman–Crippen LogP) is 0.0486. The summed E-state index contributed by atoms with van der Waals surface area (Å²) >= 11 is 1.26. The van der Waals surface area contributed by atoms with Crippen LogP contribution in [0.5, 0.6) is 0 Å². The van der Waals surface area contributed by atoms with E-state index in [-0.39, 0.29) is 0 Å². The van der Waals surface area contributed by atoms with Gasteiger partial charge in [-0.25, -0.2) is 4.79 Å². The van der Waals surface area contributed by atoms with E-state index < -0.39 is 6.03 Å². The summed E-state index contributed by atoms with van der Waals surface area (Å²) in [4.78, 5) is 12.9. The Morgan fingerprint density at radius 1 is 1.91 bits per heavy atom. The zero-order valence-electron chi connectivity index (χ0n) is 6.02. The zero-order chi connectivity index (χ0) is 8.27. The smallest absolute Gasteiger partial charge is 0.314 e. The van der Waals surface area contributed by atoms with Crippen LogP contribution in [0.4, 0.5) is 4.79 Å². The molecule has 0 aliphatic carbocycles. The summed E-state index contributed by atoms with van der Waals surface area (Å²) in [5.41, 5.74) is 5.00. The molecule has 2 N–H and O–H groups in total. The second kappa shape index (κ2) is 3.29. The highest BCUT2D eigenvalue weighted by Crippen LogP contribution is 2.04. The fourth-order valence-corrected chi connectivity index (χ4v) is 1.11. The van der Waals surface area contributed by atoms with E-state index in [1.165, 1.54) is 16.4 Å². The second-order valence-corrected chi connectivity index (χ2v) is 2.95. The number of hydrogen-bond acceptors (Lipinski definition) is 4. The lowest BCUT2D eigenvalue weighted by Gasteiger charge is -2.10. The van der Waals surface area contributed by atoms with Gasteiger partial charge in [-0.15, -0.1) is 5.10 Å². The van der Waals surface area contributed by atoms with Crippen molar-refractivity contribution in [3.63, 3.8) is 0 Å². The van der Waals surface area contributed by atoms with Gasteiger partial charge in [0, 0.05) is 7.05 Å². The number of nitrogens with zero attached hydrogens (tertiary/aromatic N) is 3. The van der Waals surface area contributed by atoms with E-state index in [1.54, 1.807) is 13.2 Å². The van der Waals surface area contributed by atoms with Crippen molar-refractivity contribution in [2.75, 3.05) is 7.05 Å². The molecular formula is C5H8N4OS. The minimum Gasteiger partial charge on any atom is -0.351 e. The maximum absolute atomic E-state index is 10.5. The predicted molar refractivity (Wildman–Crippen MR) is 41.0 cm³/mol. The highest BCUT2D eigenvalue weighted by molar-refractivity contribution is 7.05. The monoisotopic (exact) mass is 172 g/mol. The van der Waals surface area contributed by atoms with E-state index in [2.05, 4.69) is 9.59 Å². The van der Waals surface area contributed by atoms with Gasteiger partial charge in [-0.05, 0) is 11.5 Å². The first kappa shape index (κ1) is 7.93. The number of aromatic nitrogens is 2. The summed E-state index contributed by atoms with van der Waals surface area (Å²) in [5.74, 6) is 0. The molecule has 0 aliphatic heterocycles. The molecule has 0 unspecified atom stereocenters. The summed E-state index contributed by atoms with van der Waals surface area (Å²) < 4.78 is 3.65. The quantitative estimate of drug-likeness (QED) is 0.685. The molecule has 0 saturated heterocycles. The number of carbonyl (C=O) groups excluding carboxylic acids is 1. The molecule has 5 nitrogen and oxygen atoms in total. The fourth-order valence-electron chi connectivity index (χ4n) is 0.569. The minimum atomic E-state index is -0.446. The van der Waals surface area contributed by atoms with Gasteiger partial charge in [0.15, 0.2) is 0 Å². The average molecular weight is 172 g/mol. The number of carbonyl (C=O) groups is 1. The van der Waals surface area contributed by atoms with E-state index in [4.69, 9.17) is 5.73 Å². The first-order valence-corrected chi connectivity index (χ1v) is 3.74. The van der Waals surface area contributed by atoms with Gasteiger partial charge in [0.25, 0.3) is 0 Å². The fraction of sp³-hybridized carbons (Fsp3) is 0.400. The third-order valence-electron chi connectivity index (χ3n) is 1.18. The summed E-state index contributed by atoms with van der Waals surface area (Å²) in [6, 6.07) is -0.446. The van der Waals surface area contributed by atoms with Crippen molar-refractivity contribution in [2.45, 2.75) is 6.54 Å². The van der Waals surface area contributed by atoms with Crippen LogP contribution in [-0.4, -0.2) is 27.6 Å². The van der Waals surface area contributed by atoms with Crippen molar-refractivity contribution >= 4 is 17.6 Å². The summed E-state index contributed by atoms with van der Waals surface area (Å²) in [7, 11) is 1.63. The molecule has 1 aromatic rings. The van der Waals surface area contributed by atoms with Gasteiger partial charge in [-0.2, -0.15) is 0 Å². The number of hydrogen-bond donors (Lipinski definition) is 1. The molecule has 1 rings (SSSR count). The topological polar surface area (TPSA) is 72.1 Å². The Morgan fingerprint density at radius 2 is 2.64 bits per heavy atom. The number of amides is 2. The third kappa shape index (κ3) is 2.15. The Morgan fingerprint density at radius 3 is 3.09 bits per heavy atom. The molecule has 11 heavy (non-hydrogen) atoms. The molecule has 0 aliphatic rings. The normalized spacial score (nSPS) is 9.55. The molecular weight excluding hydrogens is 164 g/mol. The Hall–Kier alpha value is -1.17. The van der Waals surface area contributed by atoms with E-state index in [0.717, 1.165) is 4.88 Å². The van der Waals surface area contributed by atoms with Crippen LogP contribution in [0.3, 0.4) is 0 Å². The van der Waals surface area contributed by atoms with E-state index >= 15 is 0 Å². The van der Waals surface area contributed by atoms with Crippen molar-refractivity contribution in [3.05, 3.63) is 11.1 Å². The van der Waals surface area contributed by atoms with Gasteiger partial charge < -0.3 is 10.6 Å². The summed E-state index contributed by atoms with van der Waals surface area (Å²) in [5, 5.41) is 3.62. The van der Waals surface area contributed by atoms with Crippen LogP contribution < -0.4 is 5.73 Å². The maximum atomic E-state index is 10.5. The average Bonchev–Trinajstić information content (AvgIpc) is 2.39. The lowest BCUT2D eigenvalue weighted by Crippen LogP contribution is -2.31. The van der Waals surface area contributed by atoms with E-state index in [9.17, 15) is 4.79 Å². The lowest BCUT2D eigenvalue weighted by atomic mass is 10.5. The Balaban J connectivity index is 2.50.